The van der Waals surface area contributed by atoms with E-state index in [4.69, 9.17) is 5.11 Å². The van der Waals surface area contributed by atoms with Crippen LogP contribution in [0, 0.1) is 5.82 Å². The smallest absolute Gasteiger partial charge is 0.354 e. The van der Waals surface area contributed by atoms with Crippen LogP contribution in [0.2, 0.25) is 0 Å². The molecule has 19 heavy (non-hydrogen) atoms. The number of carboxylic acid groups (broad SMARTS) is 1. The molecule has 0 saturated heterocycles. The highest BCUT2D eigenvalue weighted by molar-refractivity contribution is 5.87. The van der Waals surface area contributed by atoms with Crippen LogP contribution in [-0.2, 0) is 0 Å². The third-order valence-electron chi connectivity index (χ3n) is 2.78. The Morgan fingerprint density at radius 3 is 2.63 bits per heavy atom. The normalized spacial score (nSPS) is 10.8. The number of fused-ring (bicyclic) bond motifs is 1. The minimum atomic E-state index is -1.08. The van der Waals surface area contributed by atoms with Gasteiger partial charge in [-0.15, -0.1) is 0 Å². The number of aromatic nitrogens is 3. The van der Waals surface area contributed by atoms with Crippen molar-refractivity contribution in [3.63, 3.8) is 0 Å². The van der Waals surface area contributed by atoms with Crippen LogP contribution in [0.4, 0.5) is 4.39 Å². The van der Waals surface area contributed by atoms with Gasteiger partial charge in [0.25, 0.3) is 0 Å². The fourth-order valence-electron chi connectivity index (χ4n) is 1.89. The lowest BCUT2D eigenvalue weighted by Gasteiger charge is -2.00. The van der Waals surface area contributed by atoms with Crippen LogP contribution in [-0.4, -0.2) is 25.7 Å². The second-order valence-corrected chi connectivity index (χ2v) is 3.94. The van der Waals surface area contributed by atoms with E-state index < -0.39 is 5.97 Å². The zero-order chi connectivity index (χ0) is 13.4. The molecule has 0 fully saturated rings. The van der Waals surface area contributed by atoms with Crippen LogP contribution in [0.1, 0.15) is 10.5 Å². The number of rotatable bonds is 2. The van der Waals surface area contributed by atoms with E-state index in [1.54, 1.807) is 12.1 Å². The van der Waals surface area contributed by atoms with Gasteiger partial charge in [-0.1, -0.05) is 12.1 Å². The summed E-state index contributed by atoms with van der Waals surface area (Å²) >= 11 is 0. The maximum absolute atomic E-state index is 12.9. The van der Waals surface area contributed by atoms with Gasteiger partial charge in [0.15, 0.2) is 11.3 Å². The Labute approximate surface area is 107 Å². The van der Waals surface area contributed by atoms with Crippen molar-refractivity contribution >= 4 is 11.6 Å². The van der Waals surface area contributed by atoms with Crippen molar-refractivity contribution in [1.82, 2.24) is 14.6 Å². The summed E-state index contributed by atoms with van der Waals surface area (Å²) in [6, 6.07) is 7.24. The first-order chi connectivity index (χ1) is 9.16. The van der Waals surface area contributed by atoms with E-state index in [2.05, 4.69) is 10.1 Å². The van der Waals surface area contributed by atoms with Gasteiger partial charge in [-0.2, -0.15) is 5.10 Å². The highest BCUT2D eigenvalue weighted by Gasteiger charge is 2.14. The first-order valence-corrected chi connectivity index (χ1v) is 5.49. The number of hydrogen-bond acceptors (Lipinski definition) is 3. The Balaban J connectivity index is 2.24. The van der Waals surface area contributed by atoms with E-state index in [-0.39, 0.29) is 11.5 Å². The Morgan fingerprint density at radius 1 is 1.21 bits per heavy atom. The third-order valence-corrected chi connectivity index (χ3v) is 2.78. The van der Waals surface area contributed by atoms with E-state index in [0.29, 0.717) is 11.2 Å². The summed E-state index contributed by atoms with van der Waals surface area (Å²) in [5, 5.41) is 13.1. The molecule has 0 spiro atoms. The van der Waals surface area contributed by atoms with Crippen molar-refractivity contribution in [2.75, 3.05) is 0 Å². The fraction of sp³-hybridized carbons (Fsp3) is 0. The van der Waals surface area contributed by atoms with Gasteiger partial charge < -0.3 is 5.11 Å². The van der Waals surface area contributed by atoms with Crippen LogP contribution in [0.3, 0.4) is 0 Å². The summed E-state index contributed by atoms with van der Waals surface area (Å²) in [6.07, 6.45) is 2.93. The number of nitrogens with zero attached hydrogens (tertiary/aromatic N) is 3. The van der Waals surface area contributed by atoms with Gasteiger partial charge in [-0.05, 0) is 23.8 Å². The molecule has 1 N–H and O–H groups in total. The molecule has 0 saturated carbocycles. The van der Waals surface area contributed by atoms with Crippen molar-refractivity contribution in [2.45, 2.75) is 0 Å². The van der Waals surface area contributed by atoms with Gasteiger partial charge in [-0.3, -0.25) is 0 Å². The van der Waals surface area contributed by atoms with Crippen molar-refractivity contribution < 1.29 is 14.3 Å². The van der Waals surface area contributed by atoms with Crippen LogP contribution >= 0.6 is 0 Å². The molecule has 0 aliphatic rings. The molecule has 2 heterocycles. The molecule has 2 aromatic heterocycles. The van der Waals surface area contributed by atoms with E-state index >= 15 is 0 Å². The molecule has 0 aliphatic carbocycles. The lowest BCUT2D eigenvalue weighted by molar-refractivity contribution is 0.0687. The number of carboxylic acids is 1. The fourth-order valence-corrected chi connectivity index (χ4v) is 1.89. The maximum atomic E-state index is 12.9. The van der Waals surface area contributed by atoms with Crippen LogP contribution in [0.5, 0.6) is 0 Å². The Morgan fingerprint density at radius 2 is 1.95 bits per heavy atom. The summed E-state index contributed by atoms with van der Waals surface area (Å²) in [5.74, 6) is -1.42. The molecule has 1 aromatic carbocycles. The first kappa shape index (κ1) is 11.3. The summed E-state index contributed by atoms with van der Waals surface area (Å²) in [4.78, 5) is 15.2. The summed E-state index contributed by atoms with van der Waals surface area (Å²) in [5.41, 5.74) is 1.83. The first-order valence-electron chi connectivity index (χ1n) is 5.49. The van der Waals surface area contributed by atoms with Crippen molar-refractivity contribution in [2.24, 2.45) is 0 Å². The Hall–Kier alpha value is -2.76. The Bertz CT molecular complexity index is 765. The van der Waals surface area contributed by atoms with Crippen molar-refractivity contribution in [1.29, 1.82) is 0 Å². The highest BCUT2D eigenvalue weighted by atomic mass is 19.1. The standard InChI is InChI=1S/C13H8FN3O2/c14-9-3-1-8(2-4-9)10-7-16-17-11(13(18)19)5-6-15-12(10)17/h1-7H,(H,18,19). The molecular formula is C13H8FN3O2. The van der Waals surface area contributed by atoms with Gasteiger partial charge in [0, 0.05) is 11.8 Å². The molecule has 94 valence electrons. The molecule has 0 radical (unpaired) electrons. The van der Waals surface area contributed by atoms with Gasteiger partial charge in [0.1, 0.15) is 5.82 Å². The number of carbonyl (C=O) groups is 1. The summed E-state index contributed by atoms with van der Waals surface area (Å²) in [6.45, 7) is 0. The van der Waals surface area contributed by atoms with Crippen LogP contribution in [0.15, 0.2) is 42.7 Å². The van der Waals surface area contributed by atoms with E-state index in [1.165, 1.54) is 35.1 Å². The van der Waals surface area contributed by atoms with Crippen molar-refractivity contribution in [3.8, 4) is 11.1 Å². The summed E-state index contributed by atoms with van der Waals surface area (Å²) in [7, 11) is 0. The van der Waals surface area contributed by atoms with Gasteiger partial charge >= 0.3 is 5.97 Å². The predicted molar refractivity (Wildman–Crippen MR) is 65.3 cm³/mol. The zero-order valence-electron chi connectivity index (χ0n) is 9.62. The van der Waals surface area contributed by atoms with Crippen LogP contribution in [0.25, 0.3) is 16.8 Å². The largest absolute Gasteiger partial charge is 0.477 e. The SMILES string of the molecule is O=C(O)c1ccnc2c(-c3ccc(F)cc3)cnn12. The van der Waals surface area contributed by atoms with Gasteiger partial charge in [0.05, 0.1) is 6.20 Å². The molecular weight excluding hydrogens is 249 g/mol. The quantitative estimate of drug-likeness (QED) is 0.764. The topological polar surface area (TPSA) is 67.5 Å². The molecule has 0 unspecified atom stereocenters. The average Bonchev–Trinajstić information content (AvgIpc) is 2.83. The third kappa shape index (κ3) is 1.83. The van der Waals surface area contributed by atoms with Crippen molar-refractivity contribution in [3.05, 3.63) is 54.2 Å². The van der Waals surface area contributed by atoms with Crippen LogP contribution < -0.4 is 0 Å². The minimum absolute atomic E-state index is 0.0263. The second-order valence-electron chi connectivity index (χ2n) is 3.94. The predicted octanol–water partition coefficient (Wildman–Crippen LogP) is 2.23. The molecule has 0 atom stereocenters. The zero-order valence-corrected chi connectivity index (χ0v) is 9.62. The monoisotopic (exact) mass is 257 g/mol. The van der Waals surface area contributed by atoms with E-state index in [0.717, 1.165) is 5.56 Å². The number of hydrogen-bond donors (Lipinski definition) is 1. The van der Waals surface area contributed by atoms with E-state index in [1.807, 2.05) is 0 Å². The number of aromatic carboxylic acids is 1. The molecule has 5 nitrogen and oxygen atoms in total. The number of halogens is 1. The Kier molecular flexibility index (Phi) is 2.49. The molecule has 0 aliphatic heterocycles. The maximum Gasteiger partial charge on any atom is 0.354 e. The second kappa shape index (κ2) is 4.16. The average molecular weight is 257 g/mol. The van der Waals surface area contributed by atoms with Gasteiger partial charge in [0.2, 0.25) is 0 Å². The molecule has 0 bridgehead atoms. The lowest BCUT2D eigenvalue weighted by Crippen LogP contribution is -2.06. The molecule has 3 rings (SSSR count). The molecule has 0 amide bonds. The highest BCUT2D eigenvalue weighted by Crippen LogP contribution is 2.23. The summed E-state index contributed by atoms with van der Waals surface area (Å²) < 4.78 is 14.1. The lowest BCUT2D eigenvalue weighted by atomic mass is 10.1. The molecule has 3 aromatic rings. The van der Waals surface area contributed by atoms with E-state index in [9.17, 15) is 9.18 Å². The minimum Gasteiger partial charge on any atom is -0.477 e. The number of benzene rings is 1. The molecule has 6 heteroatoms. The van der Waals surface area contributed by atoms with Gasteiger partial charge in [-0.25, -0.2) is 18.7 Å².